The summed E-state index contributed by atoms with van der Waals surface area (Å²) in [5.41, 5.74) is 1.11. The fourth-order valence-corrected chi connectivity index (χ4v) is 2.96. The van der Waals surface area contributed by atoms with Gasteiger partial charge in [-0.05, 0) is 38.1 Å². The van der Waals surface area contributed by atoms with E-state index in [0.29, 0.717) is 13.2 Å². The summed E-state index contributed by atoms with van der Waals surface area (Å²) in [6, 6.07) is 10.0. The third-order valence-electron chi connectivity index (χ3n) is 4.09. The van der Waals surface area contributed by atoms with Crippen LogP contribution in [0.2, 0.25) is 0 Å². The highest BCUT2D eigenvalue weighted by molar-refractivity contribution is 5.33. The number of piperidine rings is 1. The van der Waals surface area contributed by atoms with Gasteiger partial charge in [0.2, 0.25) is 0 Å². The Hall–Kier alpha value is -1.34. The van der Waals surface area contributed by atoms with Gasteiger partial charge in [0.25, 0.3) is 0 Å². The number of hydrogen-bond donors (Lipinski definition) is 1. The molecular weight excluding hydrogens is 250 g/mol. The van der Waals surface area contributed by atoms with Gasteiger partial charge in [0, 0.05) is 12.0 Å². The van der Waals surface area contributed by atoms with E-state index in [-0.39, 0.29) is 11.7 Å². The number of rotatable bonds is 2. The lowest BCUT2D eigenvalue weighted by Gasteiger charge is -2.32. The lowest BCUT2D eigenvalue weighted by atomic mass is 9.89. The summed E-state index contributed by atoms with van der Waals surface area (Å²) in [7, 11) is 0. The van der Waals surface area contributed by atoms with E-state index in [1.165, 1.54) is 0 Å². The van der Waals surface area contributed by atoms with Crippen molar-refractivity contribution in [1.82, 2.24) is 5.32 Å². The molecule has 0 bridgehead atoms. The van der Waals surface area contributed by atoms with E-state index in [0.717, 1.165) is 37.9 Å². The van der Waals surface area contributed by atoms with Crippen LogP contribution in [0.1, 0.15) is 24.8 Å². The Kier molecular flexibility index (Phi) is 4.37. The molecule has 1 aromatic rings. The smallest absolute Gasteiger partial charge is 0.108 e. The molecule has 20 heavy (non-hydrogen) atoms. The third-order valence-corrected chi connectivity index (χ3v) is 4.09. The molecule has 2 aliphatic rings. The second kappa shape index (κ2) is 6.41. The first-order valence-corrected chi connectivity index (χ1v) is 7.37. The lowest BCUT2D eigenvalue weighted by molar-refractivity contribution is -0.0224. The van der Waals surface area contributed by atoms with Crippen LogP contribution < -0.4 is 5.32 Å². The van der Waals surface area contributed by atoms with Gasteiger partial charge in [-0.1, -0.05) is 30.0 Å². The molecule has 3 rings (SSSR count). The summed E-state index contributed by atoms with van der Waals surface area (Å²) in [6.45, 7) is 3.31. The molecule has 0 aliphatic carbocycles. The first kappa shape index (κ1) is 13.6. The van der Waals surface area contributed by atoms with Gasteiger partial charge in [0.15, 0.2) is 0 Å². The Labute approximate surface area is 120 Å². The number of hydrogen-bond acceptors (Lipinski definition) is 3. The van der Waals surface area contributed by atoms with E-state index in [1.54, 1.807) is 0 Å². The van der Waals surface area contributed by atoms with Crippen LogP contribution in [0.3, 0.4) is 0 Å². The molecule has 1 spiro atoms. The van der Waals surface area contributed by atoms with E-state index >= 15 is 0 Å². The molecule has 1 aromatic carbocycles. The monoisotopic (exact) mass is 271 g/mol. The fraction of sp³-hybridized carbons (Fsp3) is 0.529. The van der Waals surface area contributed by atoms with Crippen LogP contribution in [0.5, 0.6) is 0 Å². The first-order valence-electron chi connectivity index (χ1n) is 7.37. The molecule has 0 amide bonds. The summed E-state index contributed by atoms with van der Waals surface area (Å²) >= 11 is 0. The SMILES string of the molecule is C(#Cc1ccccc1)COC1COC2(CCNCC2)C1. The Morgan fingerprint density at radius 1 is 1.25 bits per heavy atom. The zero-order valence-electron chi connectivity index (χ0n) is 11.7. The van der Waals surface area contributed by atoms with Crippen molar-refractivity contribution in [1.29, 1.82) is 0 Å². The molecule has 106 valence electrons. The zero-order valence-corrected chi connectivity index (χ0v) is 11.7. The molecule has 0 saturated carbocycles. The van der Waals surface area contributed by atoms with Crippen LogP contribution in [0.4, 0.5) is 0 Å². The van der Waals surface area contributed by atoms with Gasteiger partial charge in [0.05, 0.1) is 18.3 Å². The molecule has 1 unspecified atom stereocenters. The van der Waals surface area contributed by atoms with Crippen LogP contribution in [0, 0.1) is 11.8 Å². The van der Waals surface area contributed by atoms with Gasteiger partial charge in [-0.15, -0.1) is 0 Å². The molecule has 3 heteroatoms. The van der Waals surface area contributed by atoms with Crippen molar-refractivity contribution < 1.29 is 9.47 Å². The van der Waals surface area contributed by atoms with Crippen molar-refractivity contribution in [2.24, 2.45) is 0 Å². The van der Waals surface area contributed by atoms with E-state index in [2.05, 4.69) is 17.2 Å². The van der Waals surface area contributed by atoms with E-state index in [4.69, 9.17) is 9.47 Å². The second-order valence-corrected chi connectivity index (χ2v) is 5.55. The predicted octanol–water partition coefficient (Wildman–Crippen LogP) is 1.97. The first-order chi connectivity index (χ1) is 9.86. The third kappa shape index (κ3) is 3.40. The number of benzene rings is 1. The quantitative estimate of drug-likeness (QED) is 0.834. The highest BCUT2D eigenvalue weighted by atomic mass is 16.6. The van der Waals surface area contributed by atoms with Crippen LogP contribution in [-0.2, 0) is 9.47 Å². The number of ether oxygens (including phenoxy) is 2. The van der Waals surface area contributed by atoms with Crippen molar-refractivity contribution in [3.8, 4) is 11.8 Å². The molecule has 2 saturated heterocycles. The maximum atomic E-state index is 6.00. The highest BCUT2D eigenvalue weighted by Gasteiger charge is 2.41. The van der Waals surface area contributed by atoms with E-state index in [1.807, 2.05) is 30.3 Å². The summed E-state index contributed by atoms with van der Waals surface area (Å²) in [5, 5.41) is 3.38. The van der Waals surface area contributed by atoms with Crippen molar-refractivity contribution >= 4 is 0 Å². The Morgan fingerprint density at radius 2 is 2.05 bits per heavy atom. The predicted molar refractivity (Wildman–Crippen MR) is 78.5 cm³/mol. The standard InChI is InChI=1S/C17H21NO2/c1-2-5-15(6-3-1)7-4-12-19-16-13-17(20-14-16)8-10-18-11-9-17/h1-3,5-6,16,18H,8-14H2. The maximum Gasteiger partial charge on any atom is 0.108 e. The van der Waals surface area contributed by atoms with Crippen LogP contribution in [0.15, 0.2) is 30.3 Å². The fourth-order valence-electron chi connectivity index (χ4n) is 2.96. The van der Waals surface area contributed by atoms with E-state index < -0.39 is 0 Å². The van der Waals surface area contributed by atoms with Crippen molar-refractivity contribution in [2.75, 3.05) is 26.3 Å². The largest absolute Gasteiger partial charge is 0.372 e. The minimum atomic E-state index is 0.0722. The molecule has 3 nitrogen and oxygen atoms in total. The topological polar surface area (TPSA) is 30.5 Å². The van der Waals surface area contributed by atoms with Gasteiger partial charge in [-0.25, -0.2) is 0 Å². The van der Waals surface area contributed by atoms with Gasteiger partial charge in [-0.3, -0.25) is 0 Å². The maximum absolute atomic E-state index is 6.00. The molecule has 2 heterocycles. The van der Waals surface area contributed by atoms with Crippen LogP contribution >= 0.6 is 0 Å². The molecular formula is C17H21NO2. The van der Waals surface area contributed by atoms with Crippen LogP contribution in [-0.4, -0.2) is 38.0 Å². The average Bonchev–Trinajstić information content (AvgIpc) is 2.88. The second-order valence-electron chi connectivity index (χ2n) is 5.55. The van der Waals surface area contributed by atoms with Crippen molar-refractivity contribution in [2.45, 2.75) is 31.0 Å². The van der Waals surface area contributed by atoms with Crippen molar-refractivity contribution in [3.05, 3.63) is 35.9 Å². The van der Waals surface area contributed by atoms with Crippen LogP contribution in [0.25, 0.3) is 0 Å². The average molecular weight is 271 g/mol. The summed E-state index contributed by atoms with van der Waals surface area (Å²) < 4.78 is 11.8. The minimum absolute atomic E-state index is 0.0722. The van der Waals surface area contributed by atoms with Crippen molar-refractivity contribution in [3.63, 3.8) is 0 Å². The van der Waals surface area contributed by atoms with Gasteiger partial charge < -0.3 is 14.8 Å². The highest BCUT2D eigenvalue weighted by Crippen LogP contribution is 2.34. The molecule has 0 radical (unpaired) electrons. The molecule has 2 fully saturated rings. The van der Waals surface area contributed by atoms with Gasteiger partial charge in [-0.2, -0.15) is 0 Å². The summed E-state index contributed by atoms with van der Waals surface area (Å²) in [4.78, 5) is 0. The normalized spacial score (nSPS) is 24.3. The Balaban J connectivity index is 1.45. The molecule has 2 aliphatic heterocycles. The van der Waals surface area contributed by atoms with Gasteiger partial charge in [0.1, 0.15) is 6.61 Å². The molecule has 0 aromatic heterocycles. The summed E-state index contributed by atoms with van der Waals surface area (Å²) in [5.74, 6) is 6.19. The number of nitrogens with one attached hydrogen (secondary N) is 1. The lowest BCUT2D eigenvalue weighted by Crippen LogP contribution is -2.41. The molecule has 1 N–H and O–H groups in total. The van der Waals surface area contributed by atoms with Gasteiger partial charge >= 0.3 is 0 Å². The Bertz CT molecular complexity index is 483. The Morgan fingerprint density at radius 3 is 2.85 bits per heavy atom. The zero-order chi connectivity index (χ0) is 13.7. The minimum Gasteiger partial charge on any atom is -0.372 e. The summed E-state index contributed by atoms with van der Waals surface area (Å²) in [6.07, 6.45) is 3.42. The van der Waals surface area contributed by atoms with E-state index in [9.17, 15) is 0 Å². The molecule has 1 atom stereocenters.